The lowest BCUT2D eigenvalue weighted by Crippen LogP contribution is -2.17. The Morgan fingerprint density at radius 2 is 0.651 bits per heavy atom. The number of benzene rings is 4. The van der Waals surface area contributed by atoms with Crippen molar-refractivity contribution in [1.82, 2.24) is 45.1 Å². The number of ether oxygens (including phenoxy) is 4. The van der Waals surface area contributed by atoms with Crippen LogP contribution in [-0.2, 0) is 0 Å². The van der Waals surface area contributed by atoms with E-state index in [2.05, 4.69) is 96.9 Å². The molecule has 0 saturated heterocycles. The van der Waals surface area contributed by atoms with Gasteiger partial charge in [-0.05, 0) is 146 Å². The van der Waals surface area contributed by atoms with Crippen LogP contribution in [-0.4, -0.2) is 93.4 Å². The van der Waals surface area contributed by atoms with Crippen molar-refractivity contribution < 1.29 is 95.2 Å². The first-order valence-corrected chi connectivity index (χ1v) is 31.9. The average Bonchev–Trinajstić information content (AvgIpc) is 1.41. The van der Waals surface area contributed by atoms with Crippen molar-refractivity contribution in [1.29, 1.82) is 0 Å². The number of anilines is 4. The standard InChI is InChI=1S/C18H10Cl2F3N3O2.C18H10ClF4N3O2.C18H11ClF3N3O2.C16H10ClF3N4O2/c19-16-15(10-5-12(21)9-24-7-10)6-11(8-25-16)17(27)26-13-1-3-14(4-2-13)28-18(20,22)23;19-16-15(10-5-12(20)9-24-7-10)6-11(8-25-16)17(27)26-13-1-3-14(4-2-13)28-18(21,22)23;19-16-15(11-2-1-7-23-9-11)8-12(10-24-16)17(26)25-13-3-5-14(6-4-13)27-18(20,21)22;17-14-12(13-5-6-22-24-13)7-9(8-21-14)15(25)23-10-1-3-11(4-2-10)26-16(18,19)20/h2*1-9H,(H,26,27);1-10H,(H,25,26);1-8H,(H,22,24)(H,23,25). The number of pyridine rings is 7. The average molecular weight is 1620 g/mol. The lowest BCUT2D eigenvalue weighted by atomic mass is 10.1. The highest BCUT2D eigenvalue weighted by atomic mass is 35.5. The Kier molecular flexibility index (Phi) is 26.6. The summed E-state index contributed by atoms with van der Waals surface area (Å²) in [6.45, 7) is 0. The number of carbonyl (C=O) groups is 4. The number of halogens is 18. The van der Waals surface area contributed by atoms with Crippen LogP contribution in [0.4, 0.5) is 79.8 Å². The van der Waals surface area contributed by atoms with Crippen LogP contribution >= 0.6 is 58.0 Å². The SMILES string of the molecule is O=C(Nc1ccc(OC(F)(F)Cl)cc1)c1cnc(Cl)c(-c2cncc(F)c2)c1.O=C(Nc1ccc(OC(F)(F)F)cc1)c1cnc(Cl)c(-c2cccnc2)c1.O=C(Nc1ccc(OC(F)(F)F)cc1)c1cnc(Cl)c(-c2ccn[nH]2)c1.O=C(Nc1ccc(OC(F)(F)F)cc1)c1cnc(Cl)c(-c2cncc(F)c2)c1. The van der Waals surface area contributed by atoms with E-state index in [0.717, 1.165) is 48.8 Å². The summed E-state index contributed by atoms with van der Waals surface area (Å²) >= 11 is 28.9. The molecule has 8 aromatic heterocycles. The van der Waals surface area contributed by atoms with E-state index in [-0.39, 0.29) is 65.8 Å². The quantitative estimate of drug-likeness (QED) is 0.0322. The fourth-order valence-corrected chi connectivity index (χ4v) is 9.84. The maximum atomic E-state index is 13.4. The molecule has 21 nitrogen and oxygen atoms in total. The van der Waals surface area contributed by atoms with Gasteiger partial charge >= 0.3 is 24.7 Å². The van der Waals surface area contributed by atoms with Gasteiger partial charge < -0.3 is 40.2 Å². The van der Waals surface area contributed by atoms with Gasteiger partial charge in [0.1, 0.15) is 55.2 Å². The number of aromatic amines is 1. The van der Waals surface area contributed by atoms with Crippen LogP contribution < -0.4 is 40.2 Å². The number of H-pyrrole nitrogens is 1. The van der Waals surface area contributed by atoms with Gasteiger partial charge in [-0.2, -0.15) is 5.10 Å². The summed E-state index contributed by atoms with van der Waals surface area (Å²) in [4.78, 5) is 76.8. The minimum atomic E-state index is -4.80. The Balaban J connectivity index is 0.000000168. The molecule has 0 radical (unpaired) electrons. The third-order valence-electron chi connectivity index (χ3n) is 13.6. The lowest BCUT2D eigenvalue weighted by molar-refractivity contribution is -0.275. The van der Waals surface area contributed by atoms with Gasteiger partial charge in [0.25, 0.3) is 23.6 Å². The van der Waals surface area contributed by atoms with Crippen molar-refractivity contribution in [2.24, 2.45) is 0 Å². The summed E-state index contributed by atoms with van der Waals surface area (Å²) in [5.41, 5.74) is 1.65. The number of nitrogens with zero attached hydrogens (tertiary/aromatic N) is 8. The van der Waals surface area contributed by atoms with Crippen LogP contribution in [0, 0.1) is 11.6 Å². The molecule has 0 spiro atoms. The smallest absolute Gasteiger partial charge is 0.420 e. The van der Waals surface area contributed by atoms with E-state index in [0.29, 0.717) is 61.7 Å². The van der Waals surface area contributed by atoms with E-state index >= 15 is 0 Å². The van der Waals surface area contributed by atoms with Gasteiger partial charge in [0.15, 0.2) is 0 Å². The fraction of sp³-hybridized carbons (Fsp3) is 0.0571. The number of nitrogens with one attached hydrogen (secondary N) is 5. The normalized spacial score (nSPS) is 11.2. The molecule has 0 fully saturated rings. The first-order valence-electron chi connectivity index (χ1n) is 30.0. The molecule has 0 atom stereocenters. The number of hydrogen-bond acceptors (Lipinski definition) is 16. The number of alkyl halides is 12. The first-order chi connectivity index (χ1) is 51.5. The van der Waals surface area contributed by atoms with E-state index in [1.54, 1.807) is 36.7 Å². The molecular weight excluding hydrogens is 1580 g/mol. The van der Waals surface area contributed by atoms with Crippen LogP contribution in [0.25, 0.3) is 44.6 Å². The molecule has 0 aliphatic carbocycles. The molecule has 12 rings (SSSR count). The van der Waals surface area contributed by atoms with E-state index in [4.69, 9.17) is 46.4 Å². The molecule has 39 heteroatoms. The van der Waals surface area contributed by atoms with Gasteiger partial charge in [-0.25, -0.2) is 28.7 Å². The lowest BCUT2D eigenvalue weighted by Gasteiger charge is -2.11. The monoisotopic (exact) mass is 1610 g/mol. The largest absolute Gasteiger partial charge is 0.573 e. The van der Waals surface area contributed by atoms with E-state index in [1.165, 1.54) is 134 Å². The molecule has 0 aliphatic heterocycles. The second-order valence-corrected chi connectivity index (χ2v) is 23.2. The molecule has 12 aromatic rings. The van der Waals surface area contributed by atoms with Crippen LogP contribution in [0.1, 0.15) is 41.4 Å². The summed E-state index contributed by atoms with van der Waals surface area (Å²) in [5, 5.41) is 17.3. The molecule has 0 unspecified atom stereocenters. The highest BCUT2D eigenvalue weighted by Gasteiger charge is 2.33. The van der Waals surface area contributed by atoms with Crippen molar-refractivity contribution in [3.8, 4) is 67.6 Å². The second kappa shape index (κ2) is 35.9. The van der Waals surface area contributed by atoms with Crippen molar-refractivity contribution in [3.63, 3.8) is 0 Å². The van der Waals surface area contributed by atoms with Crippen molar-refractivity contribution in [2.45, 2.75) is 24.7 Å². The summed E-state index contributed by atoms with van der Waals surface area (Å²) < 4.78 is 177. The van der Waals surface area contributed by atoms with Crippen molar-refractivity contribution in [2.75, 3.05) is 21.3 Å². The zero-order valence-corrected chi connectivity index (χ0v) is 57.7. The Bertz CT molecular complexity index is 5000. The zero-order chi connectivity index (χ0) is 78.8. The number of hydrogen-bond donors (Lipinski definition) is 5. The molecule has 109 heavy (non-hydrogen) atoms. The molecule has 0 saturated carbocycles. The molecule has 5 N–H and O–H groups in total. The number of amides is 4. The van der Waals surface area contributed by atoms with Crippen molar-refractivity contribution >= 4 is 104 Å². The fourth-order valence-electron chi connectivity index (χ4n) is 8.90. The number of rotatable bonds is 17. The predicted octanol–water partition coefficient (Wildman–Crippen LogP) is 19.7. The zero-order valence-electron chi connectivity index (χ0n) is 53.9. The van der Waals surface area contributed by atoms with Crippen LogP contribution in [0.15, 0.2) is 220 Å². The van der Waals surface area contributed by atoms with Gasteiger partial charge in [0.2, 0.25) is 0 Å². The molecule has 560 valence electrons. The van der Waals surface area contributed by atoms with Crippen LogP contribution in [0.3, 0.4) is 0 Å². The predicted molar refractivity (Wildman–Crippen MR) is 373 cm³/mol. The van der Waals surface area contributed by atoms with Gasteiger partial charge in [-0.15, -0.1) is 48.3 Å². The van der Waals surface area contributed by atoms with Gasteiger partial charge in [-0.3, -0.25) is 39.2 Å². The maximum Gasteiger partial charge on any atom is 0.573 e. The van der Waals surface area contributed by atoms with Crippen LogP contribution in [0.2, 0.25) is 20.6 Å². The Morgan fingerprint density at radius 1 is 0.349 bits per heavy atom. The van der Waals surface area contributed by atoms with E-state index in [9.17, 15) is 76.3 Å². The minimum absolute atomic E-state index is 0.0533. The summed E-state index contributed by atoms with van der Waals surface area (Å²) in [5.74, 6) is -4.61. The Labute approximate surface area is 629 Å². The second-order valence-electron chi connectivity index (χ2n) is 21.4. The molecule has 8 heterocycles. The Hall–Kier alpha value is -12.2. The topological polar surface area (TPSA) is 272 Å². The van der Waals surface area contributed by atoms with E-state index in [1.807, 2.05) is 0 Å². The first kappa shape index (κ1) is 80.8. The molecular formula is C70H41Cl5F13N13O8. The Morgan fingerprint density at radius 3 is 0.936 bits per heavy atom. The molecule has 4 amide bonds. The van der Waals surface area contributed by atoms with E-state index < -0.39 is 65.7 Å². The third kappa shape index (κ3) is 25.2. The number of aromatic nitrogens is 9. The van der Waals surface area contributed by atoms with Gasteiger partial charge in [-0.1, -0.05) is 52.5 Å². The summed E-state index contributed by atoms with van der Waals surface area (Å²) in [6.07, 6.45) is 0.244. The molecule has 0 aliphatic rings. The van der Waals surface area contributed by atoms with Gasteiger partial charge in [0, 0.05) is 129 Å². The minimum Gasteiger partial charge on any atom is -0.420 e. The maximum absolute atomic E-state index is 13.4. The molecule has 0 bridgehead atoms. The highest BCUT2D eigenvalue weighted by Crippen LogP contribution is 2.34. The summed E-state index contributed by atoms with van der Waals surface area (Å²) in [6, 6.07) is 32.8. The van der Waals surface area contributed by atoms with Crippen molar-refractivity contribution in [3.05, 3.63) is 274 Å². The highest BCUT2D eigenvalue weighted by molar-refractivity contribution is 6.33. The third-order valence-corrected chi connectivity index (χ3v) is 14.9. The number of carbonyl (C=O) groups excluding carboxylic acids is 4. The molecule has 4 aromatic carbocycles. The van der Waals surface area contributed by atoms with Gasteiger partial charge in [0.05, 0.1) is 40.3 Å². The summed E-state index contributed by atoms with van der Waals surface area (Å²) in [7, 11) is 0. The van der Waals surface area contributed by atoms with Crippen LogP contribution in [0.5, 0.6) is 23.0 Å².